The van der Waals surface area contributed by atoms with Gasteiger partial charge >= 0.3 is 12.1 Å². The number of Topliss-reactive ketones (excluding diaryl/α,β-unsaturated/α-hetero) is 2. The molecule has 23 heteroatoms. The zero-order valence-corrected chi connectivity index (χ0v) is 56.1. The summed E-state index contributed by atoms with van der Waals surface area (Å²) in [6.07, 6.45) is 11.1. The Morgan fingerprint density at radius 3 is 1.72 bits per heavy atom. The van der Waals surface area contributed by atoms with E-state index in [9.17, 15) is 42.0 Å². The number of carbonyl (C=O) groups excluding carboxylic acids is 10. The molecule has 5 aliphatic rings. The van der Waals surface area contributed by atoms with Crippen LogP contribution in [0.4, 0.5) is 9.59 Å². The maximum absolute atomic E-state index is 15.4. The summed E-state index contributed by atoms with van der Waals surface area (Å²) in [5.74, 6) is -7.00. The fourth-order valence-electron chi connectivity index (χ4n) is 13.1. The van der Waals surface area contributed by atoms with Crippen LogP contribution < -0.4 is 43.0 Å². The first-order valence-corrected chi connectivity index (χ1v) is 34.2. The van der Waals surface area contributed by atoms with Crippen LogP contribution in [0.5, 0.6) is 0 Å². The molecule has 3 aliphatic carbocycles. The molecular weight excluding hydrogens is 1130 g/mol. The van der Waals surface area contributed by atoms with Gasteiger partial charge in [0.15, 0.2) is 9.84 Å². The van der Waals surface area contributed by atoms with Gasteiger partial charge in [-0.05, 0) is 146 Å². The molecule has 9 N–H and O–H groups in total. The average molecular weight is 1240 g/mol. The Kier molecular flexibility index (Phi) is 24.6. The zero-order valence-electron chi connectivity index (χ0n) is 55.3. The predicted octanol–water partition coefficient (Wildman–Crippen LogP) is 6.26. The van der Waals surface area contributed by atoms with Gasteiger partial charge in [0.2, 0.25) is 35.2 Å². The quantitative estimate of drug-likeness (QED) is 0.0403. The number of amides is 10. The Hall–Kier alpha value is -5.35. The molecule has 0 aromatic heterocycles. The van der Waals surface area contributed by atoms with Crippen LogP contribution in [0.15, 0.2) is 0 Å². The third-order valence-corrected chi connectivity index (χ3v) is 21.8. The van der Waals surface area contributed by atoms with Crippen molar-refractivity contribution in [3.8, 4) is 0 Å². The summed E-state index contributed by atoms with van der Waals surface area (Å²) >= 11 is 0. The first-order chi connectivity index (χ1) is 40.2. The molecular formula is C64H110N10O12S. The second-order valence-corrected chi connectivity index (χ2v) is 33.3. The lowest BCUT2D eigenvalue weighted by Gasteiger charge is -2.41. The number of urea groups is 2. The van der Waals surface area contributed by atoms with Crippen molar-refractivity contribution in [1.29, 1.82) is 0 Å². The largest absolute Gasteiger partial charge is 0.363 e. The number of ketones is 2. The van der Waals surface area contributed by atoms with E-state index in [0.717, 1.165) is 38.5 Å². The number of nitrogens with two attached hydrogens (primary N) is 1. The summed E-state index contributed by atoms with van der Waals surface area (Å²) in [6.45, 7) is 27.6. The number of nitrogens with zero attached hydrogens (tertiary/aromatic N) is 2. The Bertz CT molecular complexity index is 2610. The van der Waals surface area contributed by atoms with E-state index in [-0.39, 0.29) is 61.4 Å². The molecule has 3 saturated carbocycles. The standard InChI is InChI=1S/C64H110N10O12S/c1-16-17-24-44(49(76)55(80)66-42-25-26-42)67-53(78)46-41(28-33-73(46)56(81)50(60(5,6)7)69-59(84)72-64(30-19-18-20-31-64)37-87(85,86)62(11,12)13)35-39(4)27-32-63(14,15)51(70-58(83)71-61(8,9)10)57(82)74-34-29-43(38(2)3)47(74)54(79)68-45(48(75)52(65)77)36-40-22-21-23-40/h38-47,50-51H,16-37H2,1-15H3,(H2,65,77)(H,66,80)(H,67,78)(H,68,79)(H2,69,72,84)(H2,70,71,83)/t39?,41-,43?,44-,45-,46+,47+,50-,51-/m1/s1. The highest BCUT2D eigenvalue weighted by Gasteiger charge is 2.52. The van der Waals surface area contributed by atoms with Gasteiger partial charge in [-0.15, -0.1) is 0 Å². The van der Waals surface area contributed by atoms with Gasteiger partial charge in [-0.3, -0.25) is 38.4 Å². The predicted molar refractivity (Wildman–Crippen MR) is 334 cm³/mol. The summed E-state index contributed by atoms with van der Waals surface area (Å²) in [4.78, 5) is 144. The van der Waals surface area contributed by atoms with E-state index in [1.54, 1.807) is 41.5 Å². The number of unbranched alkanes of at least 4 members (excludes halogenated alkanes) is 1. The molecule has 494 valence electrons. The van der Waals surface area contributed by atoms with Crippen LogP contribution in [0.1, 0.15) is 226 Å². The van der Waals surface area contributed by atoms with E-state index in [4.69, 9.17) is 5.73 Å². The van der Waals surface area contributed by atoms with Gasteiger partial charge in [-0.2, -0.15) is 0 Å². The maximum atomic E-state index is 15.4. The van der Waals surface area contributed by atoms with Gasteiger partial charge in [0.1, 0.15) is 24.2 Å². The van der Waals surface area contributed by atoms with E-state index < -0.39 is 138 Å². The van der Waals surface area contributed by atoms with Gasteiger partial charge in [-0.25, -0.2) is 18.0 Å². The van der Waals surface area contributed by atoms with Gasteiger partial charge < -0.3 is 52.8 Å². The van der Waals surface area contributed by atoms with Crippen molar-refractivity contribution in [2.45, 2.75) is 284 Å². The lowest BCUT2D eigenvalue weighted by Crippen LogP contribution is -2.64. The van der Waals surface area contributed by atoms with Gasteiger partial charge in [0, 0.05) is 24.7 Å². The summed E-state index contributed by atoms with van der Waals surface area (Å²) in [6, 6.07) is -8.28. The minimum absolute atomic E-state index is 0.0671. The molecule has 0 radical (unpaired) electrons. The van der Waals surface area contributed by atoms with E-state index in [0.29, 0.717) is 70.6 Å². The first-order valence-electron chi connectivity index (χ1n) is 32.5. The number of sulfone groups is 1. The second-order valence-electron chi connectivity index (χ2n) is 30.6. The number of nitrogens with one attached hydrogen (secondary N) is 7. The molecule has 0 bridgehead atoms. The Labute approximate surface area is 519 Å². The number of likely N-dealkylation sites (tertiary alicyclic amines) is 2. The van der Waals surface area contributed by atoms with Crippen LogP contribution in [0.25, 0.3) is 0 Å². The van der Waals surface area contributed by atoms with Crippen LogP contribution in [-0.2, 0) is 48.2 Å². The molecule has 2 unspecified atom stereocenters. The number of carbonyl (C=O) groups is 10. The van der Waals surface area contributed by atoms with Crippen molar-refractivity contribution >= 4 is 68.9 Å². The van der Waals surface area contributed by atoms with E-state index in [2.05, 4.69) is 37.2 Å². The number of rotatable bonds is 28. The Morgan fingerprint density at radius 1 is 0.632 bits per heavy atom. The fraction of sp³-hybridized carbons (Fsp3) is 0.844. The van der Waals surface area contributed by atoms with Crippen molar-refractivity contribution in [3.63, 3.8) is 0 Å². The van der Waals surface area contributed by atoms with Crippen molar-refractivity contribution in [2.75, 3.05) is 18.8 Å². The monoisotopic (exact) mass is 1240 g/mol. The molecule has 0 aromatic rings. The van der Waals surface area contributed by atoms with Crippen LogP contribution >= 0.6 is 0 Å². The summed E-state index contributed by atoms with van der Waals surface area (Å²) < 4.78 is 26.3. The Balaban J connectivity index is 1.45. The van der Waals surface area contributed by atoms with Gasteiger partial charge in [0.25, 0.3) is 11.8 Å². The van der Waals surface area contributed by atoms with Crippen LogP contribution in [0.2, 0.25) is 0 Å². The van der Waals surface area contributed by atoms with Crippen molar-refractivity contribution in [2.24, 2.45) is 46.2 Å². The fourth-order valence-corrected chi connectivity index (χ4v) is 14.6. The minimum Gasteiger partial charge on any atom is -0.363 e. The normalized spacial score (nSPS) is 22.8. The number of hydrogen-bond acceptors (Lipinski definition) is 12. The third kappa shape index (κ3) is 19.8. The smallest absolute Gasteiger partial charge is 0.315 e. The molecule has 0 aromatic carbocycles. The summed E-state index contributed by atoms with van der Waals surface area (Å²) in [5.41, 5.74) is 1.82. The summed E-state index contributed by atoms with van der Waals surface area (Å²) in [7, 11) is -3.69. The minimum atomic E-state index is -3.69. The van der Waals surface area contributed by atoms with Crippen molar-refractivity contribution in [3.05, 3.63) is 0 Å². The molecule has 0 spiro atoms. The SMILES string of the molecule is CCCC[C@@H](NC(=O)[C@@H]1[C@@H](CC(C)CCC(C)(C)[C@H](NC(=O)NC(C)(C)C)C(=O)N2CCC(C(C)C)[C@H]2C(=O)N[C@H](CC2CCC2)C(=O)C(N)=O)CCN1C(=O)[C@@H](NC(=O)NC1(CS(=O)(=O)C(C)(C)C)CCCCC1)C(C)(C)C)C(=O)C(=O)NC1CC1. The molecule has 2 heterocycles. The highest BCUT2D eigenvalue weighted by atomic mass is 32.2. The van der Waals surface area contributed by atoms with Crippen LogP contribution in [0.3, 0.4) is 0 Å². The molecule has 22 nitrogen and oxygen atoms in total. The highest BCUT2D eigenvalue weighted by molar-refractivity contribution is 7.92. The molecule has 10 amide bonds. The van der Waals surface area contributed by atoms with Crippen LogP contribution in [0, 0.1) is 40.4 Å². The van der Waals surface area contributed by atoms with Crippen LogP contribution in [-0.4, -0.2) is 154 Å². The first kappa shape index (κ1) is 72.4. The number of hydrogen-bond donors (Lipinski definition) is 8. The molecule has 5 fully saturated rings. The van der Waals surface area contributed by atoms with E-state index in [1.807, 2.05) is 62.3 Å². The molecule has 2 aliphatic heterocycles. The van der Waals surface area contributed by atoms with Crippen molar-refractivity contribution < 1.29 is 56.4 Å². The lowest BCUT2D eigenvalue weighted by atomic mass is 9.76. The Morgan fingerprint density at radius 2 is 1.20 bits per heavy atom. The lowest BCUT2D eigenvalue weighted by molar-refractivity contribution is -0.145. The third-order valence-electron chi connectivity index (χ3n) is 19.0. The highest BCUT2D eigenvalue weighted by Crippen LogP contribution is 2.40. The maximum Gasteiger partial charge on any atom is 0.315 e. The van der Waals surface area contributed by atoms with E-state index >= 15 is 14.4 Å². The molecule has 9 atom stereocenters. The molecule has 5 rings (SSSR count). The average Bonchev–Trinajstić information content (AvgIpc) is 2.53. The topological polar surface area (TPSA) is 322 Å². The van der Waals surface area contributed by atoms with Gasteiger partial charge in [0.05, 0.1) is 28.1 Å². The van der Waals surface area contributed by atoms with Gasteiger partial charge in [-0.1, -0.05) is 120 Å². The zero-order chi connectivity index (χ0) is 65.4. The van der Waals surface area contributed by atoms with Crippen molar-refractivity contribution in [1.82, 2.24) is 47.0 Å². The molecule has 2 saturated heterocycles. The second kappa shape index (κ2) is 29.5. The number of primary amides is 1. The molecule has 87 heavy (non-hydrogen) atoms. The summed E-state index contributed by atoms with van der Waals surface area (Å²) in [5, 5.41) is 20.3. The van der Waals surface area contributed by atoms with E-state index in [1.165, 1.54) is 9.80 Å².